The lowest BCUT2D eigenvalue weighted by Gasteiger charge is -2.41. The number of rotatable bonds is 3. The Morgan fingerprint density at radius 1 is 1.50 bits per heavy atom. The summed E-state index contributed by atoms with van der Waals surface area (Å²) in [5.41, 5.74) is -0.998. The molecule has 0 radical (unpaired) electrons. The molecule has 0 aromatic rings. The van der Waals surface area contributed by atoms with Gasteiger partial charge >= 0.3 is 5.97 Å². The van der Waals surface area contributed by atoms with Crippen LogP contribution in [0.2, 0.25) is 0 Å². The Labute approximate surface area is 95.0 Å². The van der Waals surface area contributed by atoms with Crippen molar-refractivity contribution >= 4 is 12.4 Å². The lowest BCUT2D eigenvalue weighted by molar-refractivity contribution is -0.156. The van der Waals surface area contributed by atoms with E-state index < -0.39 is 11.5 Å². The molecule has 2 saturated heterocycles. The number of nitrogens with zero attached hydrogens (tertiary/aromatic N) is 2. The maximum absolute atomic E-state index is 11.6. The van der Waals surface area contributed by atoms with Crippen molar-refractivity contribution in [3.63, 3.8) is 0 Å². The van der Waals surface area contributed by atoms with Gasteiger partial charge in [-0.05, 0) is 25.8 Å². The number of likely N-dealkylation sites (N-methyl/N-ethyl adjacent to an activating group) is 1. The van der Waals surface area contributed by atoms with E-state index in [2.05, 4.69) is 4.90 Å². The van der Waals surface area contributed by atoms with Gasteiger partial charge in [0.1, 0.15) is 0 Å². The Morgan fingerprint density at radius 3 is 2.88 bits per heavy atom. The Kier molecular flexibility index (Phi) is 2.88. The van der Waals surface area contributed by atoms with Gasteiger partial charge in [0, 0.05) is 19.6 Å². The minimum Gasteiger partial charge on any atom is -0.479 e. The van der Waals surface area contributed by atoms with Crippen molar-refractivity contribution in [3.05, 3.63) is 0 Å². The number of carboxylic acid groups (broad SMARTS) is 1. The number of fused-ring (bicyclic) bond motifs is 1. The predicted octanol–water partition coefficient (Wildman–Crippen LogP) is 0.156. The van der Waals surface area contributed by atoms with Gasteiger partial charge in [0.2, 0.25) is 6.41 Å². The molecule has 2 rings (SSSR count). The van der Waals surface area contributed by atoms with Gasteiger partial charge < -0.3 is 10.0 Å². The number of amides is 1. The molecule has 5 nitrogen and oxygen atoms in total. The zero-order valence-corrected chi connectivity index (χ0v) is 9.56. The Bertz CT molecular complexity index is 308. The molecule has 1 N–H and O–H groups in total. The fourth-order valence-electron chi connectivity index (χ4n) is 3.19. The van der Waals surface area contributed by atoms with Crippen LogP contribution in [0.25, 0.3) is 0 Å². The van der Waals surface area contributed by atoms with Gasteiger partial charge in [0.15, 0.2) is 5.54 Å². The summed E-state index contributed by atoms with van der Waals surface area (Å²) < 4.78 is 0. The van der Waals surface area contributed by atoms with Crippen LogP contribution in [-0.2, 0) is 9.59 Å². The van der Waals surface area contributed by atoms with Crippen molar-refractivity contribution in [3.8, 4) is 0 Å². The highest BCUT2D eigenvalue weighted by Crippen LogP contribution is 2.38. The summed E-state index contributed by atoms with van der Waals surface area (Å²) >= 11 is 0. The van der Waals surface area contributed by atoms with E-state index in [1.54, 1.807) is 7.05 Å². The highest BCUT2D eigenvalue weighted by Gasteiger charge is 2.55. The summed E-state index contributed by atoms with van der Waals surface area (Å²) in [6.07, 6.45) is 4.26. The van der Waals surface area contributed by atoms with Crippen molar-refractivity contribution in [1.29, 1.82) is 0 Å². The third-order valence-corrected chi connectivity index (χ3v) is 4.10. The first-order valence-corrected chi connectivity index (χ1v) is 5.78. The SMILES string of the molecule is CN(C=O)C1(C(=O)O)CCN2CCCCC21. The summed E-state index contributed by atoms with van der Waals surface area (Å²) in [6.45, 7) is 1.75. The van der Waals surface area contributed by atoms with Crippen LogP contribution in [0.5, 0.6) is 0 Å². The quantitative estimate of drug-likeness (QED) is 0.696. The molecule has 2 atom stereocenters. The van der Waals surface area contributed by atoms with Crippen LogP contribution in [0, 0.1) is 0 Å². The van der Waals surface area contributed by atoms with Crippen LogP contribution < -0.4 is 0 Å². The van der Waals surface area contributed by atoms with Crippen molar-refractivity contribution in [2.24, 2.45) is 0 Å². The zero-order chi connectivity index (χ0) is 11.8. The number of carboxylic acids is 1. The fourth-order valence-corrected chi connectivity index (χ4v) is 3.19. The Morgan fingerprint density at radius 2 is 2.25 bits per heavy atom. The second kappa shape index (κ2) is 4.05. The van der Waals surface area contributed by atoms with Crippen LogP contribution in [0.3, 0.4) is 0 Å². The third-order valence-electron chi connectivity index (χ3n) is 4.10. The van der Waals surface area contributed by atoms with Crippen molar-refractivity contribution in [1.82, 2.24) is 9.80 Å². The molecule has 0 bridgehead atoms. The van der Waals surface area contributed by atoms with E-state index in [0.717, 1.165) is 32.4 Å². The van der Waals surface area contributed by atoms with Crippen LogP contribution in [0.15, 0.2) is 0 Å². The molecule has 2 unspecified atom stereocenters. The predicted molar refractivity (Wildman–Crippen MR) is 58.0 cm³/mol. The van der Waals surface area contributed by atoms with Crippen LogP contribution in [0.4, 0.5) is 0 Å². The van der Waals surface area contributed by atoms with Crippen molar-refractivity contribution in [2.45, 2.75) is 37.3 Å². The second-order valence-electron chi connectivity index (χ2n) is 4.74. The molecule has 2 heterocycles. The summed E-state index contributed by atoms with van der Waals surface area (Å²) in [4.78, 5) is 26.0. The summed E-state index contributed by atoms with van der Waals surface area (Å²) in [5.74, 6) is -0.864. The van der Waals surface area contributed by atoms with Gasteiger partial charge in [-0.2, -0.15) is 0 Å². The van der Waals surface area contributed by atoms with E-state index in [9.17, 15) is 14.7 Å². The monoisotopic (exact) mass is 226 g/mol. The van der Waals surface area contributed by atoms with Gasteiger partial charge in [-0.15, -0.1) is 0 Å². The molecule has 2 aliphatic rings. The molecule has 16 heavy (non-hydrogen) atoms. The maximum Gasteiger partial charge on any atom is 0.331 e. The average molecular weight is 226 g/mol. The molecule has 90 valence electrons. The third kappa shape index (κ3) is 1.42. The minimum atomic E-state index is -0.998. The molecular weight excluding hydrogens is 208 g/mol. The van der Waals surface area contributed by atoms with Gasteiger partial charge in [-0.3, -0.25) is 9.69 Å². The molecule has 0 aromatic heterocycles. The number of piperidine rings is 1. The molecule has 2 fully saturated rings. The van der Waals surface area contributed by atoms with Crippen LogP contribution >= 0.6 is 0 Å². The molecule has 1 amide bonds. The first-order chi connectivity index (χ1) is 7.63. The molecule has 5 heteroatoms. The van der Waals surface area contributed by atoms with Crippen LogP contribution in [-0.4, -0.2) is 59.0 Å². The number of carbonyl (C=O) groups is 2. The highest BCUT2D eigenvalue weighted by atomic mass is 16.4. The highest BCUT2D eigenvalue weighted by molar-refractivity contribution is 5.83. The largest absolute Gasteiger partial charge is 0.479 e. The van der Waals surface area contributed by atoms with E-state index in [-0.39, 0.29) is 6.04 Å². The summed E-state index contributed by atoms with van der Waals surface area (Å²) in [5, 5.41) is 9.48. The first-order valence-electron chi connectivity index (χ1n) is 5.78. The minimum absolute atomic E-state index is 0.00560. The summed E-state index contributed by atoms with van der Waals surface area (Å²) in [7, 11) is 1.58. The molecule has 2 aliphatic heterocycles. The molecule has 0 spiro atoms. The van der Waals surface area contributed by atoms with Gasteiger partial charge in [-0.25, -0.2) is 4.79 Å². The lowest BCUT2D eigenvalue weighted by atomic mass is 9.84. The molecule has 0 aromatic carbocycles. The molecule has 0 aliphatic carbocycles. The number of carbonyl (C=O) groups excluding carboxylic acids is 1. The van der Waals surface area contributed by atoms with E-state index in [4.69, 9.17) is 0 Å². The topological polar surface area (TPSA) is 60.9 Å². The first kappa shape index (κ1) is 11.4. The average Bonchev–Trinajstić information content (AvgIpc) is 2.68. The number of hydrogen-bond acceptors (Lipinski definition) is 3. The van der Waals surface area contributed by atoms with E-state index in [1.165, 1.54) is 4.90 Å². The molecule has 0 saturated carbocycles. The smallest absolute Gasteiger partial charge is 0.331 e. The molecular formula is C11H18N2O3. The summed E-state index contributed by atoms with van der Waals surface area (Å²) in [6, 6.07) is -0.00560. The lowest BCUT2D eigenvalue weighted by Crippen LogP contribution is -2.60. The zero-order valence-electron chi connectivity index (χ0n) is 9.56. The number of hydrogen-bond donors (Lipinski definition) is 1. The van der Waals surface area contributed by atoms with Gasteiger partial charge in [-0.1, -0.05) is 6.42 Å². The van der Waals surface area contributed by atoms with E-state index >= 15 is 0 Å². The van der Waals surface area contributed by atoms with E-state index in [0.29, 0.717) is 12.8 Å². The van der Waals surface area contributed by atoms with Gasteiger partial charge in [0.25, 0.3) is 0 Å². The standard InChI is InChI=1S/C11H18N2O3/c1-12(8-14)11(10(15)16)5-7-13-6-3-2-4-9(11)13/h8-9H,2-7H2,1H3,(H,15,16). The Balaban J connectivity index is 2.32. The number of aliphatic carboxylic acids is 1. The Hall–Kier alpha value is -1.10. The maximum atomic E-state index is 11.6. The van der Waals surface area contributed by atoms with Crippen molar-refractivity contribution in [2.75, 3.05) is 20.1 Å². The van der Waals surface area contributed by atoms with Crippen molar-refractivity contribution < 1.29 is 14.7 Å². The van der Waals surface area contributed by atoms with Crippen LogP contribution in [0.1, 0.15) is 25.7 Å². The van der Waals surface area contributed by atoms with E-state index in [1.807, 2.05) is 0 Å². The van der Waals surface area contributed by atoms with Gasteiger partial charge in [0.05, 0.1) is 0 Å². The second-order valence-corrected chi connectivity index (χ2v) is 4.74. The fraction of sp³-hybridized carbons (Fsp3) is 0.818. The normalized spacial score (nSPS) is 34.4.